The zero-order valence-corrected chi connectivity index (χ0v) is 13.6. The van der Waals surface area contributed by atoms with E-state index in [0.29, 0.717) is 25.9 Å². The number of methoxy groups -OCH3 is 1. The molecule has 2 heterocycles. The first-order valence-electron chi connectivity index (χ1n) is 7.82. The van der Waals surface area contributed by atoms with Gasteiger partial charge in [-0.3, -0.25) is 4.98 Å². The van der Waals surface area contributed by atoms with E-state index in [4.69, 9.17) is 9.47 Å². The molecular weight excluding hydrogens is 266 g/mol. The van der Waals surface area contributed by atoms with Crippen molar-refractivity contribution in [2.45, 2.75) is 64.6 Å². The van der Waals surface area contributed by atoms with Crippen LogP contribution in [0.5, 0.6) is 5.75 Å². The van der Waals surface area contributed by atoms with Crippen molar-refractivity contribution in [1.82, 2.24) is 4.98 Å². The minimum Gasteiger partial charge on any atom is -0.496 e. The summed E-state index contributed by atoms with van der Waals surface area (Å²) in [6, 6.07) is 0. The van der Waals surface area contributed by atoms with Gasteiger partial charge in [0.25, 0.3) is 0 Å². The topological polar surface area (TPSA) is 51.6 Å². The molecule has 0 aromatic carbocycles. The predicted molar refractivity (Wildman–Crippen MR) is 82.8 cm³/mol. The molecule has 1 aliphatic rings. The van der Waals surface area contributed by atoms with Gasteiger partial charge in [-0.05, 0) is 26.7 Å². The van der Waals surface area contributed by atoms with Crippen LogP contribution in [0.1, 0.15) is 49.4 Å². The molecule has 118 valence electrons. The molecule has 0 saturated carbocycles. The van der Waals surface area contributed by atoms with Gasteiger partial charge in [0, 0.05) is 42.5 Å². The number of rotatable bonds is 5. The van der Waals surface area contributed by atoms with E-state index in [9.17, 15) is 5.11 Å². The molecule has 4 nitrogen and oxygen atoms in total. The smallest absolute Gasteiger partial charge is 0.128 e. The second-order valence-electron chi connectivity index (χ2n) is 6.18. The van der Waals surface area contributed by atoms with Crippen LogP contribution in [-0.4, -0.2) is 35.5 Å². The molecule has 0 bridgehead atoms. The van der Waals surface area contributed by atoms with E-state index in [2.05, 4.69) is 11.9 Å². The molecule has 0 aliphatic carbocycles. The number of aliphatic hydroxyl groups is 1. The molecule has 1 aliphatic heterocycles. The molecule has 1 aromatic rings. The van der Waals surface area contributed by atoms with Gasteiger partial charge >= 0.3 is 0 Å². The highest BCUT2D eigenvalue weighted by Gasteiger charge is 2.35. The monoisotopic (exact) mass is 293 g/mol. The van der Waals surface area contributed by atoms with Crippen molar-refractivity contribution in [3.05, 3.63) is 23.0 Å². The third kappa shape index (κ3) is 3.74. The Labute approximate surface area is 127 Å². The Hall–Kier alpha value is -1.13. The standard InChI is InChI=1S/C17H27NO3/c1-5-6-14-9-17(19,7-8-21-14)10-15-13(3)16(20-4)12(2)11-18-15/h11,14,19H,5-10H2,1-4H3. The van der Waals surface area contributed by atoms with Gasteiger partial charge in [-0.15, -0.1) is 0 Å². The number of aromatic nitrogens is 1. The summed E-state index contributed by atoms with van der Waals surface area (Å²) in [5.74, 6) is 0.876. The maximum atomic E-state index is 10.9. The van der Waals surface area contributed by atoms with Crippen molar-refractivity contribution in [3.63, 3.8) is 0 Å². The summed E-state index contributed by atoms with van der Waals surface area (Å²) in [6.07, 6.45) is 6.01. The van der Waals surface area contributed by atoms with Crippen molar-refractivity contribution in [2.75, 3.05) is 13.7 Å². The summed E-state index contributed by atoms with van der Waals surface area (Å²) in [7, 11) is 1.68. The fourth-order valence-corrected chi connectivity index (χ4v) is 3.23. The minimum absolute atomic E-state index is 0.168. The fraction of sp³-hybridized carbons (Fsp3) is 0.706. The molecule has 2 unspecified atom stereocenters. The van der Waals surface area contributed by atoms with Crippen LogP contribution in [0.3, 0.4) is 0 Å². The number of pyridine rings is 1. The van der Waals surface area contributed by atoms with Gasteiger partial charge in [-0.1, -0.05) is 13.3 Å². The van der Waals surface area contributed by atoms with Crippen molar-refractivity contribution in [1.29, 1.82) is 0 Å². The van der Waals surface area contributed by atoms with E-state index in [1.54, 1.807) is 7.11 Å². The van der Waals surface area contributed by atoms with Gasteiger partial charge in [0.2, 0.25) is 0 Å². The number of ether oxygens (including phenoxy) is 2. The Morgan fingerprint density at radius 2 is 2.24 bits per heavy atom. The van der Waals surface area contributed by atoms with Crippen LogP contribution in [-0.2, 0) is 11.2 Å². The van der Waals surface area contributed by atoms with E-state index in [0.717, 1.165) is 35.4 Å². The maximum absolute atomic E-state index is 10.9. The molecule has 21 heavy (non-hydrogen) atoms. The lowest BCUT2D eigenvalue weighted by atomic mass is 9.84. The summed E-state index contributed by atoms with van der Waals surface area (Å²) >= 11 is 0. The van der Waals surface area contributed by atoms with Gasteiger partial charge in [-0.25, -0.2) is 0 Å². The second-order valence-corrected chi connectivity index (χ2v) is 6.18. The third-order valence-corrected chi connectivity index (χ3v) is 4.39. The summed E-state index contributed by atoms with van der Waals surface area (Å²) in [4.78, 5) is 4.52. The number of hydrogen-bond donors (Lipinski definition) is 1. The van der Waals surface area contributed by atoms with Gasteiger partial charge in [0.05, 0.1) is 18.8 Å². The zero-order chi connectivity index (χ0) is 15.5. The lowest BCUT2D eigenvalue weighted by molar-refractivity contribution is -0.105. The predicted octanol–water partition coefficient (Wildman–Crippen LogP) is 2.96. The fourth-order valence-electron chi connectivity index (χ4n) is 3.23. The SMILES string of the molecule is CCCC1CC(O)(Cc2ncc(C)c(OC)c2C)CCO1. The molecule has 1 N–H and O–H groups in total. The highest BCUT2D eigenvalue weighted by atomic mass is 16.5. The van der Waals surface area contributed by atoms with E-state index in [1.807, 2.05) is 20.0 Å². The van der Waals surface area contributed by atoms with Crippen LogP contribution in [0.2, 0.25) is 0 Å². The molecular formula is C17H27NO3. The van der Waals surface area contributed by atoms with E-state index < -0.39 is 5.60 Å². The molecule has 1 saturated heterocycles. The van der Waals surface area contributed by atoms with Gasteiger partial charge < -0.3 is 14.6 Å². The highest BCUT2D eigenvalue weighted by molar-refractivity contribution is 5.41. The first kappa shape index (κ1) is 16.2. The van der Waals surface area contributed by atoms with Crippen LogP contribution < -0.4 is 4.74 Å². The molecule has 4 heteroatoms. The lowest BCUT2D eigenvalue weighted by Crippen LogP contribution is -2.42. The summed E-state index contributed by atoms with van der Waals surface area (Å²) in [5.41, 5.74) is 2.28. The Bertz CT molecular complexity index is 487. The Kier molecular flexibility index (Phi) is 5.22. The Morgan fingerprint density at radius 3 is 2.90 bits per heavy atom. The van der Waals surface area contributed by atoms with Crippen molar-refractivity contribution < 1.29 is 14.6 Å². The summed E-state index contributed by atoms with van der Waals surface area (Å²) in [6.45, 7) is 6.78. The van der Waals surface area contributed by atoms with Crippen LogP contribution in [0.15, 0.2) is 6.20 Å². The Morgan fingerprint density at radius 1 is 1.48 bits per heavy atom. The van der Waals surface area contributed by atoms with Crippen LogP contribution in [0.25, 0.3) is 0 Å². The zero-order valence-electron chi connectivity index (χ0n) is 13.6. The highest BCUT2D eigenvalue weighted by Crippen LogP contribution is 2.33. The molecule has 1 fully saturated rings. The summed E-state index contributed by atoms with van der Waals surface area (Å²) in [5, 5.41) is 10.9. The quantitative estimate of drug-likeness (QED) is 0.907. The van der Waals surface area contributed by atoms with Crippen molar-refractivity contribution in [3.8, 4) is 5.75 Å². The van der Waals surface area contributed by atoms with Crippen LogP contribution in [0, 0.1) is 13.8 Å². The first-order valence-corrected chi connectivity index (χ1v) is 7.82. The van der Waals surface area contributed by atoms with Gasteiger partial charge in [0.1, 0.15) is 5.75 Å². The molecule has 0 amide bonds. The minimum atomic E-state index is -0.712. The molecule has 2 rings (SSSR count). The first-order chi connectivity index (χ1) is 9.99. The van der Waals surface area contributed by atoms with E-state index in [1.165, 1.54) is 0 Å². The molecule has 0 radical (unpaired) electrons. The van der Waals surface area contributed by atoms with Gasteiger partial charge in [-0.2, -0.15) is 0 Å². The van der Waals surface area contributed by atoms with E-state index in [-0.39, 0.29) is 6.10 Å². The number of nitrogens with zero attached hydrogens (tertiary/aromatic N) is 1. The van der Waals surface area contributed by atoms with Crippen molar-refractivity contribution >= 4 is 0 Å². The third-order valence-electron chi connectivity index (χ3n) is 4.39. The molecule has 2 atom stereocenters. The lowest BCUT2D eigenvalue weighted by Gasteiger charge is -2.37. The van der Waals surface area contributed by atoms with Crippen molar-refractivity contribution in [2.24, 2.45) is 0 Å². The number of aryl methyl sites for hydroxylation is 1. The normalized spacial score (nSPS) is 25.9. The maximum Gasteiger partial charge on any atom is 0.128 e. The van der Waals surface area contributed by atoms with Gasteiger partial charge in [0.15, 0.2) is 0 Å². The number of hydrogen-bond acceptors (Lipinski definition) is 4. The summed E-state index contributed by atoms with van der Waals surface area (Å²) < 4.78 is 11.2. The Balaban J connectivity index is 2.17. The molecule has 0 spiro atoms. The second kappa shape index (κ2) is 6.75. The largest absolute Gasteiger partial charge is 0.496 e. The van der Waals surface area contributed by atoms with Crippen LogP contribution in [0.4, 0.5) is 0 Å². The average molecular weight is 293 g/mol. The van der Waals surface area contributed by atoms with Crippen LogP contribution >= 0.6 is 0 Å². The average Bonchev–Trinajstić information content (AvgIpc) is 2.43. The van der Waals surface area contributed by atoms with E-state index >= 15 is 0 Å². The molecule has 1 aromatic heterocycles.